The molecular weight excluding hydrogens is 214 g/mol. The minimum Gasteiger partial charge on any atom is -0.337 e. The summed E-state index contributed by atoms with van der Waals surface area (Å²) in [6, 6.07) is 0.570. The fourth-order valence-corrected chi connectivity index (χ4v) is 2.50. The highest BCUT2D eigenvalue weighted by molar-refractivity contribution is 5.78. The van der Waals surface area contributed by atoms with Gasteiger partial charge in [0.15, 0.2) is 0 Å². The van der Waals surface area contributed by atoms with Gasteiger partial charge in [0.25, 0.3) is 0 Å². The zero-order chi connectivity index (χ0) is 12.8. The van der Waals surface area contributed by atoms with Crippen LogP contribution in [-0.4, -0.2) is 60.5 Å². The van der Waals surface area contributed by atoms with Gasteiger partial charge >= 0.3 is 0 Å². The summed E-state index contributed by atoms with van der Waals surface area (Å²) in [4.78, 5) is 16.5. The zero-order valence-electron chi connectivity index (χ0n) is 11.7. The first kappa shape index (κ1) is 14.5. The number of carbonyl (C=O) groups excluding carboxylic acids is 1. The maximum absolute atomic E-state index is 12.3. The number of rotatable bonds is 4. The highest BCUT2D eigenvalue weighted by atomic mass is 16.2. The summed E-state index contributed by atoms with van der Waals surface area (Å²) in [5.74, 6) is 0.261. The van der Waals surface area contributed by atoms with Crippen molar-refractivity contribution < 1.29 is 4.79 Å². The second-order valence-corrected chi connectivity index (χ2v) is 5.37. The van der Waals surface area contributed by atoms with E-state index in [2.05, 4.69) is 37.9 Å². The van der Waals surface area contributed by atoms with Crippen LogP contribution < -0.4 is 5.32 Å². The summed E-state index contributed by atoms with van der Waals surface area (Å²) in [6.07, 6.45) is 1.14. The molecule has 0 unspecified atom stereocenters. The van der Waals surface area contributed by atoms with Crippen LogP contribution in [0.5, 0.6) is 0 Å². The van der Waals surface area contributed by atoms with Crippen molar-refractivity contribution in [2.75, 3.05) is 32.7 Å². The molecule has 17 heavy (non-hydrogen) atoms. The van der Waals surface area contributed by atoms with Crippen molar-refractivity contribution in [3.05, 3.63) is 0 Å². The minimum atomic E-state index is 0.261. The van der Waals surface area contributed by atoms with E-state index in [9.17, 15) is 4.79 Å². The topological polar surface area (TPSA) is 35.6 Å². The van der Waals surface area contributed by atoms with Gasteiger partial charge in [-0.15, -0.1) is 0 Å². The molecule has 1 saturated heterocycles. The van der Waals surface area contributed by atoms with E-state index in [4.69, 9.17) is 0 Å². The van der Waals surface area contributed by atoms with Crippen molar-refractivity contribution in [1.82, 2.24) is 15.1 Å². The molecule has 1 aliphatic rings. The molecule has 0 atom stereocenters. The fraction of sp³-hybridized carbons (Fsp3) is 0.923. The number of nitrogens with zero attached hydrogens (tertiary/aromatic N) is 2. The molecule has 4 heteroatoms. The Bertz CT molecular complexity index is 225. The Labute approximate surface area is 105 Å². The third kappa shape index (κ3) is 4.64. The van der Waals surface area contributed by atoms with Crippen LogP contribution in [0.4, 0.5) is 0 Å². The molecule has 100 valence electrons. The molecule has 1 amide bonds. The van der Waals surface area contributed by atoms with Gasteiger partial charge in [0.2, 0.25) is 5.91 Å². The molecule has 0 bridgehead atoms. The lowest BCUT2D eigenvalue weighted by Crippen LogP contribution is -2.47. The molecule has 1 heterocycles. The average molecular weight is 241 g/mol. The zero-order valence-corrected chi connectivity index (χ0v) is 11.7. The molecular formula is C13H27N3O. The summed E-state index contributed by atoms with van der Waals surface area (Å²) >= 11 is 0. The summed E-state index contributed by atoms with van der Waals surface area (Å²) in [6.45, 7) is 13.0. The molecule has 0 saturated carbocycles. The maximum Gasteiger partial charge on any atom is 0.237 e. The molecule has 0 aromatic rings. The summed E-state index contributed by atoms with van der Waals surface area (Å²) in [5, 5.41) is 3.36. The second kappa shape index (κ2) is 6.97. The van der Waals surface area contributed by atoms with Gasteiger partial charge in [-0.25, -0.2) is 0 Å². The van der Waals surface area contributed by atoms with Crippen molar-refractivity contribution in [2.24, 2.45) is 0 Å². The first-order chi connectivity index (χ1) is 8.02. The van der Waals surface area contributed by atoms with Crippen LogP contribution >= 0.6 is 0 Å². The van der Waals surface area contributed by atoms with Gasteiger partial charge in [0.05, 0.1) is 6.54 Å². The molecule has 0 spiro atoms. The van der Waals surface area contributed by atoms with Crippen LogP contribution in [-0.2, 0) is 4.79 Å². The van der Waals surface area contributed by atoms with Crippen molar-refractivity contribution in [3.8, 4) is 0 Å². The lowest BCUT2D eigenvalue weighted by Gasteiger charge is -2.33. The van der Waals surface area contributed by atoms with Gasteiger partial charge in [0.1, 0.15) is 0 Å². The first-order valence-electron chi connectivity index (χ1n) is 6.76. The van der Waals surface area contributed by atoms with E-state index < -0.39 is 0 Å². The van der Waals surface area contributed by atoms with E-state index in [0.717, 1.165) is 32.6 Å². The Morgan fingerprint density at radius 1 is 1.18 bits per heavy atom. The van der Waals surface area contributed by atoms with E-state index in [1.54, 1.807) is 0 Å². The van der Waals surface area contributed by atoms with Crippen molar-refractivity contribution in [2.45, 2.75) is 46.2 Å². The SMILES string of the molecule is CC(C)N(C(=O)CN1CCCNCC1)C(C)C. The van der Waals surface area contributed by atoms with E-state index in [-0.39, 0.29) is 18.0 Å². The Morgan fingerprint density at radius 2 is 1.82 bits per heavy atom. The van der Waals surface area contributed by atoms with E-state index >= 15 is 0 Å². The van der Waals surface area contributed by atoms with E-state index in [1.165, 1.54) is 0 Å². The maximum atomic E-state index is 12.3. The van der Waals surface area contributed by atoms with Gasteiger partial charge in [-0.3, -0.25) is 9.69 Å². The summed E-state index contributed by atoms with van der Waals surface area (Å²) in [5.41, 5.74) is 0. The van der Waals surface area contributed by atoms with Crippen molar-refractivity contribution >= 4 is 5.91 Å². The lowest BCUT2D eigenvalue weighted by molar-refractivity contribution is -0.135. The minimum absolute atomic E-state index is 0.261. The highest BCUT2D eigenvalue weighted by Crippen LogP contribution is 2.07. The predicted octanol–water partition coefficient (Wildman–Crippen LogP) is 0.927. The summed E-state index contributed by atoms with van der Waals surface area (Å²) in [7, 11) is 0. The average Bonchev–Trinajstić information content (AvgIpc) is 2.44. The Kier molecular flexibility index (Phi) is 5.92. The van der Waals surface area contributed by atoms with Gasteiger partial charge in [0, 0.05) is 25.2 Å². The number of hydrogen-bond acceptors (Lipinski definition) is 3. The number of amides is 1. The second-order valence-electron chi connectivity index (χ2n) is 5.37. The molecule has 4 nitrogen and oxygen atoms in total. The number of carbonyl (C=O) groups is 1. The molecule has 1 aliphatic heterocycles. The van der Waals surface area contributed by atoms with Gasteiger partial charge in [-0.05, 0) is 47.2 Å². The third-order valence-corrected chi connectivity index (χ3v) is 3.19. The van der Waals surface area contributed by atoms with Crippen LogP contribution in [0, 0.1) is 0 Å². The Morgan fingerprint density at radius 3 is 2.41 bits per heavy atom. The van der Waals surface area contributed by atoms with E-state index in [0.29, 0.717) is 6.54 Å². The molecule has 0 aromatic carbocycles. The van der Waals surface area contributed by atoms with Crippen LogP contribution in [0.25, 0.3) is 0 Å². The van der Waals surface area contributed by atoms with E-state index in [1.807, 2.05) is 4.90 Å². The number of hydrogen-bond donors (Lipinski definition) is 1. The van der Waals surface area contributed by atoms with Crippen LogP contribution in [0.15, 0.2) is 0 Å². The first-order valence-corrected chi connectivity index (χ1v) is 6.76. The smallest absolute Gasteiger partial charge is 0.237 e. The fourth-order valence-electron chi connectivity index (χ4n) is 2.50. The lowest BCUT2D eigenvalue weighted by atomic mass is 10.2. The normalized spacial score (nSPS) is 18.5. The van der Waals surface area contributed by atoms with Crippen molar-refractivity contribution in [3.63, 3.8) is 0 Å². The van der Waals surface area contributed by atoms with Gasteiger partial charge < -0.3 is 10.2 Å². The molecule has 1 rings (SSSR count). The van der Waals surface area contributed by atoms with Gasteiger partial charge in [-0.2, -0.15) is 0 Å². The molecule has 0 aromatic heterocycles. The Balaban J connectivity index is 2.50. The summed E-state index contributed by atoms with van der Waals surface area (Å²) < 4.78 is 0. The quantitative estimate of drug-likeness (QED) is 0.795. The molecule has 1 fully saturated rings. The standard InChI is InChI=1S/C13H27N3O/c1-11(2)16(12(3)4)13(17)10-15-8-5-6-14-7-9-15/h11-12,14H,5-10H2,1-4H3. The van der Waals surface area contributed by atoms with Gasteiger partial charge in [-0.1, -0.05) is 0 Å². The predicted molar refractivity (Wildman–Crippen MR) is 71.0 cm³/mol. The molecule has 0 radical (unpaired) electrons. The molecule has 1 N–H and O–H groups in total. The highest BCUT2D eigenvalue weighted by Gasteiger charge is 2.22. The largest absolute Gasteiger partial charge is 0.337 e. The van der Waals surface area contributed by atoms with Crippen LogP contribution in [0.3, 0.4) is 0 Å². The Hall–Kier alpha value is -0.610. The third-order valence-electron chi connectivity index (χ3n) is 3.19. The van der Waals surface area contributed by atoms with Crippen LogP contribution in [0.1, 0.15) is 34.1 Å². The monoisotopic (exact) mass is 241 g/mol. The van der Waals surface area contributed by atoms with Crippen molar-refractivity contribution in [1.29, 1.82) is 0 Å². The number of nitrogens with one attached hydrogen (secondary N) is 1. The molecule has 0 aliphatic carbocycles. The van der Waals surface area contributed by atoms with Crippen LogP contribution in [0.2, 0.25) is 0 Å².